The smallest absolute Gasteiger partial charge is 0.223 e. The maximum Gasteiger partial charge on any atom is 0.223 e. The Morgan fingerprint density at radius 1 is 1.23 bits per heavy atom. The lowest BCUT2D eigenvalue weighted by Crippen LogP contribution is -2.78. The first-order chi connectivity index (χ1) is 16.5. The number of likely N-dealkylation sites (N-methyl/N-ethyl adjacent to an activating group) is 1. The van der Waals surface area contributed by atoms with Crippen LogP contribution in [0.3, 0.4) is 0 Å². The van der Waals surface area contributed by atoms with Gasteiger partial charge in [0.2, 0.25) is 5.91 Å². The molecule has 6 nitrogen and oxygen atoms in total. The van der Waals surface area contributed by atoms with Gasteiger partial charge in [-0.25, -0.2) is 0 Å². The van der Waals surface area contributed by atoms with Crippen LogP contribution in [0, 0.1) is 5.92 Å². The first-order valence-electron chi connectivity index (χ1n) is 13.0. The van der Waals surface area contributed by atoms with Gasteiger partial charge >= 0.3 is 0 Å². The summed E-state index contributed by atoms with van der Waals surface area (Å²) in [4.78, 5) is 17.8. The molecule has 1 amide bonds. The lowest BCUT2D eigenvalue weighted by atomic mass is 9.48. The second-order valence-electron chi connectivity index (χ2n) is 11.4. The predicted octanol–water partition coefficient (Wildman–Crippen LogP) is 3.73. The van der Waals surface area contributed by atoms with Gasteiger partial charge in [0.1, 0.15) is 11.9 Å². The van der Waals surface area contributed by atoms with E-state index in [0.29, 0.717) is 12.8 Å². The molecule has 3 fully saturated rings. The number of furan rings is 1. The number of hydrogen-bond acceptors (Lipinski definition) is 5. The Morgan fingerprint density at radius 2 is 2.09 bits per heavy atom. The van der Waals surface area contributed by atoms with Crippen LogP contribution in [0.4, 0.5) is 0 Å². The number of benzene rings is 1. The lowest BCUT2D eigenvalue weighted by Gasteiger charge is -2.64. The standard InChI is InChI=1S/C28H34N2O4.ClH/c1-29(24(31)8-7-19-10-14-33-17-19)21-9-11-28(32)23-15-20-3-2-4-22-25(20)27(28,26(21)34-22)12-13-30(23)16-18-5-6-18;/h2-4,10,14,17-18,21,23,26,32H,5-9,11-13,15-16H2,1H3;1H/t21-,23+,26-,27-,28+;/m0./s1. The number of aliphatic hydroxyl groups is 1. The number of carbonyl (C=O) groups excluding carboxylic acids is 1. The quantitative estimate of drug-likeness (QED) is 0.657. The fourth-order valence-corrected chi connectivity index (χ4v) is 7.87. The molecule has 1 aromatic heterocycles. The molecule has 2 bridgehead atoms. The Morgan fingerprint density at radius 3 is 2.86 bits per heavy atom. The zero-order valence-electron chi connectivity index (χ0n) is 20.3. The Kier molecular flexibility index (Phi) is 5.51. The van der Waals surface area contributed by atoms with E-state index in [1.54, 1.807) is 12.5 Å². The summed E-state index contributed by atoms with van der Waals surface area (Å²) in [7, 11) is 1.93. The van der Waals surface area contributed by atoms with Crippen molar-refractivity contribution >= 4 is 18.3 Å². The molecule has 1 aromatic carbocycles. The fourth-order valence-electron chi connectivity index (χ4n) is 7.87. The molecule has 2 aliphatic heterocycles. The average molecular weight is 499 g/mol. The Hall–Kier alpha value is -2.02. The molecule has 35 heavy (non-hydrogen) atoms. The van der Waals surface area contributed by atoms with Gasteiger partial charge in [0, 0.05) is 31.6 Å². The third kappa shape index (κ3) is 3.25. The maximum absolute atomic E-state index is 13.3. The van der Waals surface area contributed by atoms with E-state index < -0.39 is 11.0 Å². The van der Waals surface area contributed by atoms with Crippen LogP contribution in [0.1, 0.15) is 55.2 Å². The van der Waals surface area contributed by atoms with Gasteiger partial charge in [0.05, 0.1) is 29.6 Å². The van der Waals surface area contributed by atoms with Crippen molar-refractivity contribution in [2.75, 3.05) is 20.1 Å². The number of nitrogens with zero attached hydrogens (tertiary/aromatic N) is 2. The first kappa shape index (κ1) is 23.4. The Bertz CT molecular complexity index is 1120. The molecular weight excluding hydrogens is 464 g/mol. The first-order valence-corrected chi connectivity index (χ1v) is 13.0. The second-order valence-corrected chi connectivity index (χ2v) is 11.4. The molecule has 188 valence electrons. The fraction of sp³-hybridized carbons (Fsp3) is 0.607. The highest BCUT2D eigenvalue weighted by Crippen LogP contribution is 2.64. The van der Waals surface area contributed by atoms with Crippen LogP contribution in [0.2, 0.25) is 0 Å². The van der Waals surface area contributed by atoms with E-state index in [2.05, 4.69) is 23.1 Å². The van der Waals surface area contributed by atoms with Gasteiger partial charge < -0.3 is 19.2 Å². The van der Waals surface area contributed by atoms with Gasteiger partial charge in [-0.3, -0.25) is 9.69 Å². The van der Waals surface area contributed by atoms with Gasteiger partial charge in [0.15, 0.2) is 0 Å². The minimum Gasteiger partial charge on any atom is -0.487 e. The molecule has 0 radical (unpaired) electrons. The summed E-state index contributed by atoms with van der Waals surface area (Å²) in [6.45, 7) is 2.11. The number of amides is 1. The number of piperidine rings is 1. The number of rotatable bonds is 6. The van der Waals surface area contributed by atoms with Gasteiger partial charge in [-0.2, -0.15) is 0 Å². The van der Waals surface area contributed by atoms with Crippen LogP contribution < -0.4 is 4.74 Å². The van der Waals surface area contributed by atoms with Crippen LogP contribution in [0.15, 0.2) is 41.2 Å². The van der Waals surface area contributed by atoms with Crippen molar-refractivity contribution in [2.45, 2.75) is 80.6 Å². The number of aryl methyl sites for hydroxylation is 1. The monoisotopic (exact) mass is 498 g/mol. The van der Waals surface area contributed by atoms with E-state index in [0.717, 1.165) is 56.0 Å². The lowest BCUT2D eigenvalue weighted by molar-refractivity contribution is -0.200. The summed E-state index contributed by atoms with van der Waals surface area (Å²) in [5.41, 5.74) is 2.40. The predicted molar refractivity (Wildman–Crippen MR) is 134 cm³/mol. The molecule has 1 saturated heterocycles. The van der Waals surface area contributed by atoms with E-state index in [9.17, 15) is 9.90 Å². The molecule has 7 rings (SSSR count). The van der Waals surface area contributed by atoms with Crippen molar-refractivity contribution in [1.29, 1.82) is 0 Å². The van der Waals surface area contributed by atoms with Crippen molar-refractivity contribution in [3.63, 3.8) is 0 Å². The summed E-state index contributed by atoms with van der Waals surface area (Å²) in [6, 6.07) is 8.43. The normalized spacial score (nSPS) is 34.5. The van der Waals surface area contributed by atoms with Crippen LogP contribution in [-0.4, -0.2) is 64.7 Å². The van der Waals surface area contributed by atoms with E-state index >= 15 is 0 Å². The molecule has 1 N–H and O–H groups in total. The molecule has 2 saturated carbocycles. The SMILES string of the molecule is CN(C(=O)CCc1ccoc1)[C@H]1CC[C@@]2(O)[C@H]3Cc4cccc5c4[C@@]2(CCN3CC2CC2)[C@H]1O5.Cl. The molecule has 7 heteroatoms. The topological polar surface area (TPSA) is 66.2 Å². The molecule has 2 aromatic rings. The minimum absolute atomic E-state index is 0. The van der Waals surface area contributed by atoms with Crippen molar-refractivity contribution in [1.82, 2.24) is 9.80 Å². The van der Waals surface area contributed by atoms with Crippen LogP contribution in [0.25, 0.3) is 0 Å². The molecule has 1 spiro atoms. The largest absolute Gasteiger partial charge is 0.487 e. The summed E-state index contributed by atoms with van der Waals surface area (Å²) < 4.78 is 11.9. The van der Waals surface area contributed by atoms with Gasteiger partial charge in [-0.05, 0) is 80.7 Å². The number of hydrogen-bond donors (Lipinski definition) is 1. The number of ether oxygens (including phenoxy) is 1. The molecule has 5 aliphatic rings. The van der Waals surface area contributed by atoms with Crippen LogP contribution in [-0.2, 0) is 23.1 Å². The highest BCUT2D eigenvalue weighted by molar-refractivity contribution is 5.85. The van der Waals surface area contributed by atoms with Crippen molar-refractivity contribution < 1.29 is 19.1 Å². The number of likely N-dealkylation sites (tertiary alicyclic amines) is 1. The zero-order chi connectivity index (χ0) is 23.1. The molecular formula is C28H35ClN2O4. The van der Waals surface area contributed by atoms with E-state index in [1.807, 2.05) is 18.0 Å². The average Bonchev–Trinajstić information content (AvgIpc) is 3.35. The Labute approximate surface area is 213 Å². The number of halogens is 1. The minimum atomic E-state index is -0.804. The summed E-state index contributed by atoms with van der Waals surface area (Å²) >= 11 is 0. The summed E-state index contributed by atoms with van der Waals surface area (Å²) in [5, 5.41) is 12.5. The third-order valence-corrected chi connectivity index (χ3v) is 9.73. The van der Waals surface area contributed by atoms with Crippen molar-refractivity contribution in [3.8, 4) is 5.75 Å². The highest BCUT2D eigenvalue weighted by atomic mass is 35.5. The zero-order valence-corrected chi connectivity index (χ0v) is 21.1. The van der Waals surface area contributed by atoms with Crippen LogP contribution >= 0.6 is 12.4 Å². The summed E-state index contributed by atoms with van der Waals surface area (Å²) in [5.74, 6) is 1.86. The molecule has 0 unspecified atom stereocenters. The van der Waals surface area contributed by atoms with Gasteiger partial charge in [-0.15, -0.1) is 12.4 Å². The van der Waals surface area contributed by atoms with Gasteiger partial charge in [-0.1, -0.05) is 12.1 Å². The maximum atomic E-state index is 13.3. The van der Waals surface area contributed by atoms with Gasteiger partial charge in [0.25, 0.3) is 0 Å². The summed E-state index contributed by atoms with van der Waals surface area (Å²) in [6.07, 6.45) is 10.2. The van der Waals surface area contributed by atoms with E-state index in [4.69, 9.17) is 9.15 Å². The van der Waals surface area contributed by atoms with E-state index in [-0.39, 0.29) is 36.5 Å². The van der Waals surface area contributed by atoms with Crippen molar-refractivity contribution in [2.24, 2.45) is 5.92 Å². The second kappa shape index (κ2) is 8.25. The molecule has 5 atom stereocenters. The Balaban J connectivity index is 0.00000229. The van der Waals surface area contributed by atoms with E-state index in [1.165, 1.54) is 24.0 Å². The molecule has 3 heterocycles. The molecule has 3 aliphatic carbocycles. The third-order valence-electron chi connectivity index (χ3n) is 9.73. The number of carbonyl (C=O) groups is 1. The van der Waals surface area contributed by atoms with Crippen molar-refractivity contribution in [3.05, 3.63) is 53.5 Å². The highest BCUT2D eigenvalue weighted by Gasteiger charge is 2.73. The van der Waals surface area contributed by atoms with Crippen LogP contribution in [0.5, 0.6) is 5.75 Å².